The number of aliphatic hydroxyl groups excluding tert-OH is 1. The molecule has 0 aliphatic rings. The molecule has 0 aliphatic heterocycles. The first-order chi connectivity index (χ1) is 8.33. The highest BCUT2D eigenvalue weighted by atomic mass is 16.3. The second-order valence-electron chi connectivity index (χ2n) is 3.57. The SMILES string of the molecule is N#C/C(=C(/O)c1ccccc1)c1ccccc1. The number of aliphatic hydroxyl groups is 1. The molecule has 2 rings (SSSR count). The van der Waals surface area contributed by atoms with Gasteiger partial charge in [-0.25, -0.2) is 0 Å². The highest BCUT2D eigenvalue weighted by molar-refractivity contribution is 5.93. The van der Waals surface area contributed by atoms with E-state index < -0.39 is 0 Å². The summed E-state index contributed by atoms with van der Waals surface area (Å²) in [6.07, 6.45) is 0. The number of allylic oxidation sites excluding steroid dienone is 1. The van der Waals surface area contributed by atoms with Crippen LogP contribution in [0.1, 0.15) is 11.1 Å². The number of benzene rings is 2. The molecular weight excluding hydrogens is 210 g/mol. The summed E-state index contributed by atoms with van der Waals surface area (Å²) in [6.45, 7) is 0. The van der Waals surface area contributed by atoms with Crippen LogP contribution in [0, 0.1) is 11.3 Å². The van der Waals surface area contributed by atoms with Gasteiger partial charge < -0.3 is 5.11 Å². The van der Waals surface area contributed by atoms with Crippen LogP contribution in [0.4, 0.5) is 0 Å². The van der Waals surface area contributed by atoms with Crippen LogP contribution in [0.2, 0.25) is 0 Å². The van der Waals surface area contributed by atoms with Crippen molar-refractivity contribution in [2.24, 2.45) is 0 Å². The number of hydrogen-bond donors (Lipinski definition) is 1. The Morgan fingerprint density at radius 3 is 1.76 bits per heavy atom. The zero-order valence-corrected chi connectivity index (χ0v) is 9.17. The third kappa shape index (κ3) is 2.35. The van der Waals surface area contributed by atoms with Crippen molar-refractivity contribution in [2.45, 2.75) is 0 Å². The number of hydrogen-bond acceptors (Lipinski definition) is 2. The molecule has 1 N–H and O–H groups in total. The van der Waals surface area contributed by atoms with Gasteiger partial charge in [0.05, 0.1) is 0 Å². The van der Waals surface area contributed by atoms with E-state index in [4.69, 9.17) is 5.26 Å². The Kier molecular flexibility index (Phi) is 3.23. The van der Waals surface area contributed by atoms with E-state index in [0.717, 1.165) is 5.56 Å². The van der Waals surface area contributed by atoms with Gasteiger partial charge in [-0.15, -0.1) is 0 Å². The van der Waals surface area contributed by atoms with E-state index >= 15 is 0 Å². The second-order valence-corrected chi connectivity index (χ2v) is 3.57. The molecule has 2 nitrogen and oxygen atoms in total. The normalized spacial score (nSPS) is 11.5. The summed E-state index contributed by atoms with van der Waals surface area (Å²) in [5, 5.41) is 19.2. The van der Waals surface area contributed by atoms with Gasteiger partial charge >= 0.3 is 0 Å². The van der Waals surface area contributed by atoms with E-state index in [2.05, 4.69) is 0 Å². The summed E-state index contributed by atoms with van der Waals surface area (Å²) in [5.74, 6) is 0.0132. The fourth-order valence-electron chi connectivity index (χ4n) is 1.60. The van der Waals surface area contributed by atoms with Gasteiger partial charge in [0.1, 0.15) is 17.4 Å². The van der Waals surface area contributed by atoms with E-state index in [1.807, 2.05) is 42.5 Å². The minimum atomic E-state index is 0.0132. The highest BCUT2D eigenvalue weighted by Crippen LogP contribution is 2.23. The van der Waals surface area contributed by atoms with Crippen LogP contribution in [0.25, 0.3) is 11.3 Å². The third-order valence-electron chi connectivity index (χ3n) is 2.46. The molecular formula is C15H11NO. The first-order valence-corrected chi connectivity index (χ1v) is 5.27. The van der Waals surface area contributed by atoms with Crippen molar-refractivity contribution in [2.75, 3.05) is 0 Å². The summed E-state index contributed by atoms with van der Waals surface area (Å²) < 4.78 is 0. The van der Waals surface area contributed by atoms with Crippen LogP contribution < -0.4 is 0 Å². The van der Waals surface area contributed by atoms with Crippen molar-refractivity contribution in [1.82, 2.24) is 0 Å². The van der Waals surface area contributed by atoms with E-state index in [0.29, 0.717) is 5.56 Å². The summed E-state index contributed by atoms with van der Waals surface area (Å²) in [6, 6.07) is 20.3. The first kappa shape index (κ1) is 11.0. The Bertz CT molecular complexity index is 565. The maximum Gasteiger partial charge on any atom is 0.141 e. The topological polar surface area (TPSA) is 44.0 Å². The summed E-state index contributed by atoms with van der Waals surface area (Å²) in [7, 11) is 0. The molecule has 0 unspecified atom stereocenters. The third-order valence-corrected chi connectivity index (χ3v) is 2.46. The molecule has 0 aromatic heterocycles. The van der Waals surface area contributed by atoms with Gasteiger partial charge in [0.15, 0.2) is 0 Å². The minimum Gasteiger partial charge on any atom is -0.506 e. The fourth-order valence-corrected chi connectivity index (χ4v) is 1.60. The van der Waals surface area contributed by atoms with Crippen molar-refractivity contribution in [3.8, 4) is 6.07 Å². The van der Waals surface area contributed by atoms with Gasteiger partial charge in [0, 0.05) is 5.56 Å². The maximum atomic E-state index is 10.1. The van der Waals surface area contributed by atoms with Crippen molar-refractivity contribution in [1.29, 1.82) is 5.26 Å². The Labute approximate surface area is 100 Å². The predicted molar refractivity (Wildman–Crippen MR) is 67.9 cm³/mol. The van der Waals surface area contributed by atoms with Gasteiger partial charge in [-0.1, -0.05) is 60.7 Å². The predicted octanol–water partition coefficient (Wildman–Crippen LogP) is 3.64. The zero-order valence-electron chi connectivity index (χ0n) is 9.17. The fraction of sp³-hybridized carbons (Fsp3) is 0. The Hall–Kier alpha value is -2.53. The lowest BCUT2D eigenvalue weighted by atomic mass is 10.0. The maximum absolute atomic E-state index is 10.1. The molecule has 2 heteroatoms. The monoisotopic (exact) mass is 221 g/mol. The lowest BCUT2D eigenvalue weighted by Gasteiger charge is -2.04. The molecule has 17 heavy (non-hydrogen) atoms. The Morgan fingerprint density at radius 2 is 1.29 bits per heavy atom. The average Bonchev–Trinajstić information content (AvgIpc) is 2.42. The number of nitriles is 1. The van der Waals surface area contributed by atoms with Crippen LogP contribution in [-0.2, 0) is 0 Å². The van der Waals surface area contributed by atoms with E-state index in [1.165, 1.54) is 0 Å². The Balaban J connectivity index is 2.53. The van der Waals surface area contributed by atoms with Crippen molar-refractivity contribution < 1.29 is 5.11 Å². The molecule has 0 saturated heterocycles. The highest BCUT2D eigenvalue weighted by Gasteiger charge is 2.09. The van der Waals surface area contributed by atoms with E-state index in [1.54, 1.807) is 24.3 Å². The van der Waals surface area contributed by atoms with E-state index in [9.17, 15) is 5.11 Å². The van der Waals surface area contributed by atoms with Gasteiger partial charge in [-0.2, -0.15) is 5.26 Å². The molecule has 0 atom stereocenters. The van der Waals surface area contributed by atoms with E-state index in [-0.39, 0.29) is 11.3 Å². The molecule has 0 aliphatic carbocycles. The van der Waals surface area contributed by atoms with Gasteiger partial charge in [0.25, 0.3) is 0 Å². The zero-order chi connectivity index (χ0) is 12.1. The summed E-state index contributed by atoms with van der Waals surface area (Å²) in [4.78, 5) is 0. The Morgan fingerprint density at radius 1 is 0.824 bits per heavy atom. The summed E-state index contributed by atoms with van der Waals surface area (Å²) in [5.41, 5.74) is 1.65. The average molecular weight is 221 g/mol. The molecule has 0 fully saturated rings. The molecule has 0 heterocycles. The van der Waals surface area contributed by atoms with Crippen molar-refractivity contribution in [3.63, 3.8) is 0 Å². The van der Waals surface area contributed by atoms with Gasteiger partial charge in [-0.3, -0.25) is 0 Å². The van der Waals surface area contributed by atoms with Gasteiger partial charge in [-0.05, 0) is 5.56 Å². The van der Waals surface area contributed by atoms with Crippen LogP contribution >= 0.6 is 0 Å². The lowest BCUT2D eigenvalue weighted by Crippen LogP contribution is -1.89. The lowest BCUT2D eigenvalue weighted by molar-refractivity contribution is 0.514. The molecule has 0 amide bonds. The molecule has 0 spiro atoms. The largest absolute Gasteiger partial charge is 0.506 e. The molecule has 2 aromatic carbocycles. The van der Waals surface area contributed by atoms with Gasteiger partial charge in [0.2, 0.25) is 0 Å². The number of rotatable bonds is 2. The van der Waals surface area contributed by atoms with Crippen LogP contribution in [-0.4, -0.2) is 5.11 Å². The van der Waals surface area contributed by atoms with Crippen molar-refractivity contribution >= 4 is 11.3 Å². The quantitative estimate of drug-likeness (QED) is 0.478. The smallest absolute Gasteiger partial charge is 0.141 e. The standard InChI is InChI=1S/C15H11NO/c16-11-14(12-7-3-1-4-8-12)15(17)13-9-5-2-6-10-13/h1-10,17H/b15-14-. The molecule has 0 bridgehead atoms. The summed E-state index contributed by atoms with van der Waals surface area (Å²) >= 11 is 0. The second kappa shape index (κ2) is 5.00. The molecule has 82 valence electrons. The molecule has 0 radical (unpaired) electrons. The molecule has 2 aromatic rings. The number of nitrogens with zero attached hydrogens (tertiary/aromatic N) is 1. The molecule has 0 saturated carbocycles. The van der Waals surface area contributed by atoms with Crippen LogP contribution in [0.3, 0.4) is 0 Å². The minimum absolute atomic E-state index is 0.0132. The van der Waals surface area contributed by atoms with Crippen molar-refractivity contribution in [3.05, 3.63) is 71.8 Å². The van der Waals surface area contributed by atoms with Crippen LogP contribution in [0.15, 0.2) is 60.7 Å². The first-order valence-electron chi connectivity index (χ1n) is 5.27. The van der Waals surface area contributed by atoms with Crippen LogP contribution in [0.5, 0.6) is 0 Å².